The number of methoxy groups -OCH3 is 2. The molecule has 1 saturated heterocycles. The number of nitrogens with one attached hydrogen (secondary N) is 1. The summed E-state index contributed by atoms with van der Waals surface area (Å²) in [4.78, 5) is 11.8. The van der Waals surface area contributed by atoms with Gasteiger partial charge in [0.25, 0.3) is 0 Å². The van der Waals surface area contributed by atoms with Gasteiger partial charge in [0.05, 0.1) is 14.2 Å². The van der Waals surface area contributed by atoms with Gasteiger partial charge in [-0.15, -0.1) is 0 Å². The summed E-state index contributed by atoms with van der Waals surface area (Å²) in [5, 5.41) is 3.09. The number of carbonyl (C=O) groups is 1. The maximum atomic E-state index is 11.8. The second-order valence-corrected chi connectivity index (χ2v) is 5.72. The Morgan fingerprint density at radius 1 is 1.30 bits per heavy atom. The normalized spacial score (nSPS) is 21.9. The zero-order chi connectivity index (χ0) is 14.7. The Morgan fingerprint density at radius 2 is 2.05 bits per heavy atom. The molecule has 1 aliphatic rings. The summed E-state index contributed by atoms with van der Waals surface area (Å²) in [5.74, 6) is 2.42. The van der Waals surface area contributed by atoms with E-state index in [1.54, 1.807) is 14.2 Å². The van der Waals surface area contributed by atoms with E-state index in [1.165, 1.54) is 0 Å². The summed E-state index contributed by atoms with van der Waals surface area (Å²) in [6, 6.07) is 5.94. The van der Waals surface area contributed by atoms with Gasteiger partial charge in [-0.05, 0) is 30.5 Å². The van der Waals surface area contributed by atoms with Gasteiger partial charge in [0.15, 0.2) is 0 Å². The molecule has 1 heterocycles. The summed E-state index contributed by atoms with van der Waals surface area (Å²) >= 11 is 0. The van der Waals surface area contributed by atoms with Crippen molar-refractivity contribution in [3.63, 3.8) is 0 Å². The highest BCUT2D eigenvalue weighted by atomic mass is 16.5. The molecule has 4 nitrogen and oxygen atoms in total. The molecular weight excluding hydrogens is 254 g/mol. The zero-order valence-electron chi connectivity index (χ0n) is 12.6. The zero-order valence-corrected chi connectivity index (χ0v) is 12.6. The van der Waals surface area contributed by atoms with Crippen LogP contribution in [-0.2, 0) is 4.79 Å². The molecule has 1 fully saturated rings. The van der Waals surface area contributed by atoms with Crippen LogP contribution in [0.5, 0.6) is 11.5 Å². The molecule has 1 N–H and O–H groups in total. The molecule has 0 bridgehead atoms. The van der Waals surface area contributed by atoms with Crippen LogP contribution in [0.3, 0.4) is 0 Å². The third kappa shape index (κ3) is 3.06. The largest absolute Gasteiger partial charge is 0.497 e. The van der Waals surface area contributed by atoms with Crippen LogP contribution in [0.2, 0.25) is 0 Å². The molecule has 1 amide bonds. The standard InChI is InChI=1S/C16H23NO3/c1-10(2)7-14-12(9-16(18)17-14)13-8-11(19-3)5-6-15(13)20-4/h5-6,8,10,12,14H,7,9H2,1-4H3,(H,17,18). The fourth-order valence-corrected chi connectivity index (χ4v) is 2.90. The van der Waals surface area contributed by atoms with E-state index >= 15 is 0 Å². The Hall–Kier alpha value is -1.71. The van der Waals surface area contributed by atoms with E-state index in [-0.39, 0.29) is 17.9 Å². The Morgan fingerprint density at radius 3 is 2.65 bits per heavy atom. The van der Waals surface area contributed by atoms with Gasteiger partial charge in [-0.3, -0.25) is 4.79 Å². The molecule has 0 aliphatic carbocycles. The van der Waals surface area contributed by atoms with E-state index in [4.69, 9.17) is 9.47 Å². The lowest BCUT2D eigenvalue weighted by atomic mass is 9.86. The van der Waals surface area contributed by atoms with Gasteiger partial charge in [0, 0.05) is 23.9 Å². The van der Waals surface area contributed by atoms with Crippen molar-refractivity contribution < 1.29 is 14.3 Å². The van der Waals surface area contributed by atoms with Crippen LogP contribution < -0.4 is 14.8 Å². The Kier molecular flexibility index (Phi) is 4.53. The molecule has 110 valence electrons. The molecule has 4 heteroatoms. The van der Waals surface area contributed by atoms with Crippen molar-refractivity contribution in [2.24, 2.45) is 5.92 Å². The van der Waals surface area contributed by atoms with Crippen molar-refractivity contribution in [2.75, 3.05) is 14.2 Å². The lowest BCUT2D eigenvalue weighted by Crippen LogP contribution is -2.29. The van der Waals surface area contributed by atoms with Crippen molar-refractivity contribution in [2.45, 2.75) is 38.6 Å². The summed E-state index contributed by atoms with van der Waals surface area (Å²) in [5.41, 5.74) is 1.05. The minimum atomic E-state index is 0.116. The van der Waals surface area contributed by atoms with Gasteiger partial charge in [-0.25, -0.2) is 0 Å². The Bertz CT molecular complexity index is 485. The first-order chi connectivity index (χ1) is 9.55. The van der Waals surface area contributed by atoms with Crippen molar-refractivity contribution >= 4 is 5.91 Å². The predicted molar refractivity (Wildman–Crippen MR) is 78.3 cm³/mol. The van der Waals surface area contributed by atoms with Crippen LogP contribution in [0.4, 0.5) is 0 Å². The maximum Gasteiger partial charge on any atom is 0.220 e. The number of carbonyl (C=O) groups excluding carboxylic acids is 1. The molecule has 0 aromatic heterocycles. The Balaban J connectivity index is 2.34. The third-order valence-corrected chi connectivity index (χ3v) is 3.80. The lowest BCUT2D eigenvalue weighted by Gasteiger charge is -2.23. The first-order valence-electron chi connectivity index (χ1n) is 7.06. The van der Waals surface area contributed by atoms with Crippen molar-refractivity contribution in [1.29, 1.82) is 0 Å². The number of rotatable bonds is 5. The van der Waals surface area contributed by atoms with E-state index in [2.05, 4.69) is 19.2 Å². The first kappa shape index (κ1) is 14.7. The van der Waals surface area contributed by atoms with Crippen molar-refractivity contribution in [3.05, 3.63) is 23.8 Å². The van der Waals surface area contributed by atoms with Gasteiger partial charge in [0.2, 0.25) is 5.91 Å². The van der Waals surface area contributed by atoms with Gasteiger partial charge in [0.1, 0.15) is 11.5 Å². The lowest BCUT2D eigenvalue weighted by molar-refractivity contribution is -0.119. The third-order valence-electron chi connectivity index (χ3n) is 3.80. The highest BCUT2D eigenvalue weighted by Crippen LogP contribution is 2.38. The average molecular weight is 277 g/mol. The van der Waals surface area contributed by atoms with Crippen LogP contribution in [0.25, 0.3) is 0 Å². The highest BCUT2D eigenvalue weighted by molar-refractivity contribution is 5.80. The van der Waals surface area contributed by atoms with Crippen molar-refractivity contribution in [3.8, 4) is 11.5 Å². The van der Waals surface area contributed by atoms with E-state index in [0.717, 1.165) is 23.5 Å². The van der Waals surface area contributed by atoms with Crippen LogP contribution in [-0.4, -0.2) is 26.2 Å². The molecule has 2 rings (SSSR count). The van der Waals surface area contributed by atoms with Crippen LogP contribution in [0.15, 0.2) is 18.2 Å². The summed E-state index contributed by atoms with van der Waals surface area (Å²) in [6.45, 7) is 4.34. The average Bonchev–Trinajstić information content (AvgIpc) is 2.77. The maximum absolute atomic E-state index is 11.8. The minimum absolute atomic E-state index is 0.116. The summed E-state index contributed by atoms with van der Waals surface area (Å²) < 4.78 is 10.7. The second-order valence-electron chi connectivity index (χ2n) is 5.72. The summed E-state index contributed by atoms with van der Waals surface area (Å²) in [7, 11) is 3.31. The first-order valence-corrected chi connectivity index (χ1v) is 7.06. The number of hydrogen-bond acceptors (Lipinski definition) is 3. The Labute approximate surface area is 120 Å². The quantitative estimate of drug-likeness (QED) is 0.900. The minimum Gasteiger partial charge on any atom is -0.497 e. The molecule has 0 spiro atoms. The van der Waals surface area contributed by atoms with Crippen molar-refractivity contribution in [1.82, 2.24) is 5.32 Å². The smallest absolute Gasteiger partial charge is 0.220 e. The fraction of sp³-hybridized carbons (Fsp3) is 0.562. The molecule has 2 atom stereocenters. The van der Waals surface area contributed by atoms with E-state index in [1.807, 2.05) is 18.2 Å². The van der Waals surface area contributed by atoms with Crippen LogP contribution in [0, 0.1) is 5.92 Å². The van der Waals surface area contributed by atoms with E-state index < -0.39 is 0 Å². The molecule has 1 aliphatic heterocycles. The molecule has 1 aromatic carbocycles. The topological polar surface area (TPSA) is 47.6 Å². The highest BCUT2D eigenvalue weighted by Gasteiger charge is 2.35. The SMILES string of the molecule is COc1ccc(OC)c(C2CC(=O)NC2CC(C)C)c1. The van der Waals surface area contributed by atoms with E-state index in [0.29, 0.717) is 12.3 Å². The molecular formula is C16H23NO3. The monoisotopic (exact) mass is 277 g/mol. The fourth-order valence-electron chi connectivity index (χ4n) is 2.90. The molecule has 2 unspecified atom stereocenters. The molecule has 1 aromatic rings. The number of benzene rings is 1. The molecule has 20 heavy (non-hydrogen) atoms. The number of amides is 1. The van der Waals surface area contributed by atoms with Gasteiger partial charge in [-0.2, -0.15) is 0 Å². The predicted octanol–water partition coefficient (Wildman–Crippen LogP) is 2.72. The molecule has 0 radical (unpaired) electrons. The number of hydrogen-bond donors (Lipinski definition) is 1. The van der Waals surface area contributed by atoms with Crippen LogP contribution >= 0.6 is 0 Å². The van der Waals surface area contributed by atoms with E-state index in [9.17, 15) is 4.79 Å². The van der Waals surface area contributed by atoms with Gasteiger partial charge in [-0.1, -0.05) is 13.8 Å². The van der Waals surface area contributed by atoms with Gasteiger partial charge < -0.3 is 14.8 Å². The van der Waals surface area contributed by atoms with Crippen LogP contribution in [0.1, 0.15) is 38.2 Å². The summed E-state index contributed by atoms with van der Waals surface area (Å²) in [6.07, 6.45) is 1.48. The molecule has 0 saturated carbocycles. The second kappa shape index (κ2) is 6.16. The number of ether oxygens (including phenoxy) is 2. The van der Waals surface area contributed by atoms with Gasteiger partial charge >= 0.3 is 0 Å².